The highest BCUT2D eigenvalue weighted by Gasteiger charge is 2.36. The lowest BCUT2D eigenvalue weighted by Gasteiger charge is -2.48. The lowest BCUT2D eigenvalue weighted by Crippen LogP contribution is -2.64. The van der Waals surface area contributed by atoms with Crippen LogP contribution in [0.1, 0.15) is 33.3 Å². The average Bonchev–Trinajstić information content (AvgIpc) is 2.34. The number of likely N-dealkylation sites (tertiary alicyclic amines) is 1. The van der Waals surface area contributed by atoms with Crippen molar-refractivity contribution in [3.05, 3.63) is 29.8 Å². The summed E-state index contributed by atoms with van der Waals surface area (Å²) < 4.78 is 0. The number of anilines is 1. The van der Waals surface area contributed by atoms with E-state index in [1.807, 2.05) is 36.1 Å². The number of hydrogen-bond donors (Lipinski definition) is 1. The van der Waals surface area contributed by atoms with Gasteiger partial charge in [0.15, 0.2) is 0 Å². The van der Waals surface area contributed by atoms with Gasteiger partial charge in [0, 0.05) is 36.9 Å². The number of carbonyl (C=O) groups excluding carboxylic acids is 1. The summed E-state index contributed by atoms with van der Waals surface area (Å²) in [6.45, 7) is 12.5. The van der Waals surface area contributed by atoms with Crippen LogP contribution < -0.4 is 5.32 Å². The molecule has 1 aromatic carbocycles. The highest BCUT2D eigenvalue weighted by atomic mass is 16.2. The third-order valence-corrected chi connectivity index (χ3v) is 4.07. The van der Waals surface area contributed by atoms with Crippen molar-refractivity contribution in [3.8, 4) is 0 Å². The van der Waals surface area contributed by atoms with Crippen LogP contribution >= 0.6 is 0 Å². The molecule has 1 aliphatic rings. The number of amides is 2. The summed E-state index contributed by atoms with van der Waals surface area (Å²) in [5.74, 6) is 0. The molecule has 4 nitrogen and oxygen atoms in total. The lowest BCUT2D eigenvalue weighted by atomic mass is 10.0. The van der Waals surface area contributed by atoms with E-state index in [4.69, 9.17) is 0 Å². The Balaban J connectivity index is 1.86. The standard InChI is InChI=1S/C17H27N3O/c1-12(2)20(13(3)4)16-10-19(11-16)17(21)18-15-8-6-14(5)7-9-15/h6-9,12-13,16H,10-11H2,1-5H3,(H,18,21). The van der Waals surface area contributed by atoms with Gasteiger partial charge in [-0.3, -0.25) is 4.90 Å². The minimum Gasteiger partial charge on any atom is -0.321 e. The molecule has 0 atom stereocenters. The van der Waals surface area contributed by atoms with E-state index in [9.17, 15) is 4.79 Å². The van der Waals surface area contributed by atoms with Gasteiger partial charge in [-0.1, -0.05) is 17.7 Å². The Morgan fingerprint density at radius 2 is 1.67 bits per heavy atom. The number of hydrogen-bond acceptors (Lipinski definition) is 2. The summed E-state index contributed by atoms with van der Waals surface area (Å²) in [5, 5.41) is 2.96. The molecule has 0 aromatic heterocycles. The summed E-state index contributed by atoms with van der Waals surface area (Å²) in [4.78, 5) is 16.5. The van der Waals surface area contributed by atoms with E-state index in [-0.39, 0.29) is 6.03 Å². The van der Waals surface area contributed by atoms with Crippen molar-refractivity contribution in [1.82, 2.24) is 9.80 Å². The molecule has 1 aliphatic heterocycles. The van der Waals surface area contributed by atoms with Crippen LogP contribution in [0.15, 0.2) is 24.3 Å². The van der Waals surface area contributed by atoms with Gasteiger partial charge in [0.05, 0.1) is 0 Å². The van der Waals surface area contributed by atoms with Crippen LogP contribution in [0.4, 0.5) is 10.5 Å². The van der Waals surface area contributed by atoms with Crippen LogP contribution in [-0.4, -0.2) is 47.0 Å². The predicted molar refractivity (Wildman–Crippen MR) is 87.7 cm³/mol. The highest BCUT2D eigenvalue weighted by molar-refractivity contribution is 5.89. The van der Waals surface area contributed by atoms with Crippen molar-refractivity contribution in [2.75, 3.05) is 18.4 Å². The molecular formula is C17H27N3O. The van der Waals surface area contributed by atoms with E-state index in [1.54, 1.807) is 0 Å². The summed E-state index contributed by atoms with van der Waals surface area (Å²) in [6.07, 6.45) is 0. The summed E-state index contributed by atoms with van der Waals surface area (Å²) in [6, 6.07) is 9.41. The van der Waals surface area contributed by atoms with E-state index in [0.29, 0.717) is 18.1 Å². The molecule has 1 saturated heterocycles. The van der Waals surface area contributed by atoms with Crippen LogP contribution in [0, 0.1) is 6.92 Å². The molecule has 0 bridgehead atoms. The van der Waals surface area contributed by atoms with Gasteiger partial charge in [-0.05, 0) is 46.8 Å². The van der Waals surface area contributed by atoms with Crippen LogP contribution in [0.5, 0.6) is 0 Å². The maximum atomic E-state index is 12.2. The first kappa shape index (κ1) is 15.8. The first-order valence-electron chi connectivity index (χ1n) is 7.78. The van der Waals surface area contributed by atoms with E-state index in [1.165, 1.54) is 5.56 Å². The van der Waals surface area contributed by atoms with Crippen molar-refractivity contribution >= 4 is 11.7 Å². The molecule has 1 aromatic rings. The number of aryl methyl sites for hydroxylation is 1. The molecule has 0 aliphatic carbocycles. The number of rotatable bonds is 4. The zero-order valence-electron chi connectivity index (χ0n) is 13.8. The second-order valence-electron chi connectivity index (χ2n) is 6.49. The third kappa shape index (κ3) is 3.76. The van der Waals surface area contributed by atoms with Crippen LogP contribution in [0.25, 0.3) is 0 Å². The topological polar surface area (TPSA) is 35.6 Å². The second-order valence-corrected chi connectivity index (χ2v) is 6.49. The minimum absolute atomic E-state index is 0.00238. The van der Waals surface area contributed by atoms with Gasteiger partial charge in [-0.15, -0.1) is 0 Å². The molecule has 4 heteroatoms. The SMILES string of the molecule is Cc1ccc(NC(=O)N2CC(N(C(C)C)C(C)C)C2)cc1. The Morgan fingerprint density at radius 1 is 1.14 bits per heavy atom. The zero-order chi connectivity index (χ0) is 15.6. The molecule has 0 unspecified atom stereocenters. The van der Waals surface area contributed by atoms with Gasteiger partial charge in [0.25, 0.3) is 0 Å². The van der Waals surface area contributed by atoms with Crippen molar-refractivity contribution in [1.29, 1.82) is 0 Å². The van der Waals surface area contributed by atoms with Gasteiger partial charge in [-0.25, -0.2) is 4.79 Å². The quantitative estimate of drug-likeness (QED) is 0.923. The van der Waals surface area contributed by atoms with Gasteiger partial charge in [0.2, 0.25) is 0 Å². The van der Waals surface area contributed by atoms with Crippen LogP contribution in [-0.2, 0) is 0 Å². The smallest absolute Gasteiger partial charge is 0.321 e. The average molecular weight is 289 g/mol. The molecule has 21 heavy (non-hydrogen) atoms. The minimum atomic E-state index is 0.00238. The fourth-order valence-corrected chi connectivity index (χ4v) is 3.09. The van der Waals surface area contributed by atoms with Gasteiger partial charge >= 0.3 is 6.03 Å². The van der Waals surface area contributed by atoms with Crippen LogP contribution in [0.2, 0.25) is 0 Å². The van der Waals surface area contributed by atoms with Crippen LogP contribution in [0.3, 0.4) is 0 Å². The lowest BCUT2D eigenvalue weighted by molar-refractivity contribution is 0.0202. The molecule has 1 fully saturated rings. The molecule has 2 amide bonds. The molecule has 116 valence electrons. The van der Waals surface area contributed by atoms with Crippen molar-refractivity contribution in [3.63, 3.8) is 0 Å². The van der Waals surface area contributed by atoms with E-state index in [2.05, 4.69) is 37.9 Å². The number of nitrogens with one attached hydrogen (secondary N) is 1. The molecule has 1 N–H and O–H groups in total. The number of carbonyl (C=O) groups is 1. The van der Waals surface area contributed by atoms with E-state index < -0.39 is 0 Å². The van der Waals surface area contributed by atoms with E-state index >= 15 is 0 Å². The van der Waals surface area contributed by atoms with Gasteiger partial charge in [0.1, 0.15) is 0 Å². The maximum Gasteiger partial charge on any atom is 0.321 e. The fraction of sp³-hybridized carbons (Fsp3) is 0.588. The Kier molecular flexibility index (Phi) is 4.88. The summed E-state index contributed by atoms with van der Waals surface area (Å²) in [7, 11) is 0. The normalized spacial score (nSPS) is 15.7. The highest BCUT2D eigenvalue weighted by Crippen LogP contribution is 2.21. The van der Waals surface area contributed by atoms with Gasteiger partial charge in [-0.2, -0.15) is 0 Å². The maximum absolute atomic E-state index is 12.2. The monoisotopic (exact) mass is 289 g/mol. The van der Waals surface area contributed by atoms with Crippen molar-refractivity contribution < 1.29 is 4.79 Å². The molecule has 0 spiro atoms. The van der Waals surface area contributed by atoms with Crippen molar-refractivity contribution in [2.24, 2.45) is 0 Å². The fourth-order valence-electron chi connectivity index (χ4n) is 3.09. The second kappa shape index (κ2) is 6.48. The Hall–Kier alpha value is -1.55. The predicted octanol–water partition coefficient (Wildman–Crippen LogP) is 3.33. The molecular weight excluding hydrogens is 262 g/mol. The van der Waals surface area contributed by atoms with Crippen molar-refractivity contribution in [2.45, 2.75) is 52.7 Å². The zero-order valence-corrected chi connectivity index (χ0v) is 13.8. The number of nitrogens with zero attached hydrogens (tertiary/aromatic N) is 2. The Bertz CT molecular complexity index is 467. The number of benzene rings is 1. The van der Waals surface area contributed by atoms with Gasteiger partial charge < -0.3 is 10.2 Å². The third-order valence-electron chi connectivity index (χ3n) is 4.07. The molecule has 2 rings (SSSR count). The summed E-state index contributed by atoms with van der Waals surface area (Å²) in [5.41, 5.74) is 2.06. The largest absolute Gasteiger partial charge is 0.321 e. The Labute approximate surface area is 128 Å². The molecule has 0 radical (unpaired) electrons. The first-order chi connectivity index (χ1) is 9.88. The molecule has 0 saturated carbocycles. The number of urea groups is 1. The summed E-state index contributed by atoms with van der Waals surface area (Å²) >= 11 is 0. The first-order valence-corrected chi connectivity index (χ1v) is 7.78. The molecule has 1 heterocycles. The Morgan fingerprint density at radius 3 is 2.14 bits per heavy atom. The van der Waals surface area contributed by atoms with E-state index in [0.717, 1.165) is 18.8 Å².